The van der Waals surface area contributed by atoms with Crippen LogP contribution >= 0.6 is 0 Å². The maximum Gasteiger partial charge on any atom is 0.322 e. The highest BCUT2D eigenvalue weighted by molar-refractivity contribution is 5.90. The molecule has 1 aliphatic rings. The molecule has 7 nitrogen and oxygen atoms in total. The molecule has 3 amide bonds. The van der Waals surface area contributed by atoms with Crippen LogP contribution < -0.4 is 10.6 Å². The molecule has 0 bridgehead atoms. The number of benzene rings is 1. The van der Waals surface area contributed by atoms with Crippen molar-refractivity contribution in [1.82, 2.24) is 10.2 Å². The van der Waals surface area contributed by atoms with Gasteiger partial charge in [0.25, 0.3) is 0 Å². The Balaban J connectivity index is 1.97. The van der Waals surface area contributed by atoms with E-state index in [9.17, 15) is 9.59 Å². The number of piperidine rings is 1. The number of ether oxygens (including phenoxy) is 1. The van der Waals surface area contributed by atoms with E-state index in [0.717, 1.165) is 12.8 Å². The summed E-state index contributed by atoms with van der Waals surface area (Å²) in [5.74, 6) is -0.266. The molecule has 0 unspecified atom stereocenters. The number of hydrogen-bond acceptors (Lipinski definition) is 4. The highest BCUT2D eigenvalue weighted by atomic mass is 16.5. The first kappa shape index (κ1) is 18.7. The summed E-state index contributed by atoms with van der Waals surface area (Å²) in [6.45, 7) is 3.29. The molecule has 0 aliphatic carbocycles. The number of nitriles is 1. The molecule has 1 aromatic rings. The summed E-state index contributed by atoms with van der Waals surface area (Å²) in [5.41, 5.74) is 1.06. The van der Waals surface area contributed by atoms with Gasteiger partial charge in [-0.2, -0.15) is 5.26 Å². The topological polar surface area (TPSA) is 94.5 Å². The molecule has 25 heavy (non-hydrogen) atoms. The molecule has 1 aromatic carbocycles. The Morgan fingerprint density at radius 1 is 1.40 bits per heavy atom. The predicted molar refractivity (Wildman–Crippen MR) is 94.0 cm³/mol. The molecule has 2 N–H and O–H groups in total. The monoisotopic (exact) mass is 344 g/mol. The standard InChI is InChI=1S/C18H24N4O3/c1-13-6-7-15(17(23)20-8-9-25-2)12-22(13)18(24)21-16-5-3-4-14(10-16)11-19/h3-5,10,13,15H,6-9,12H2,1-2H3,(H,20,23)(H,21,24)/t13-,15-/m1/s1. The van der Waals surface area contributed by atoms with Crippen LogP contribution in [-0.2, 0) is 9.53 Å². The van der Waals surface area contributed by atoms with E-state index in [-0.39, 0.29) is 23.9 Å². The number of carbonyl (C=O) groups is 2. The Hall–Kier alpha value is -2.59. The van der Waals surface area contributed by atoms with Crippen LogP contribution in [0.25, 0.3) is 0 Å². The summed E-state index contributed by atoms with van der Waals surface area (Å²) < 4.78 is 4.93. The van der Waals surface area contributed by atoms with Crippen LogP contribution in [0.5, 0.6) is 0 Å². The van der Waals surface area contributed by atoms with E-state index in [1.54, 1.807) is 36.3 Å². The number of nitrogens with one attached hydrogen (secondary N) is 2. The van der Waals surface area contributed by atoms with Crippen molar-refractivity contribution in [2.24, 2.45) is 5.92 Å². The fraction of sp³-hybridized carbons (Fsp3) is 0.500. The van der Waals surface area contributed by atoms with Crippen molar-refractivity contribution in [3.05, 3.63) is 29.8 Å². The van der Waals surface area contributed by atoms with E-state index >= 15 is 0 Å². The van der Waals surface area contributed by atoms with Gasteiger partial charge in [0.1, 0.15) is 0 Å². The van der Waals surface area contributed by atoms with Gasteiger partial charge in [-0.1, -0.05) is 6.07 Å². The number of likely N-dealkylation sites (tertiary alicyclic amines) is 1. The summed E-state index contributed by atoms with van der Waals surface area (Å²) in [4.78, 5) is 26.5. The van der Waals surface area contributed by atoms with E-state index in [2.05, 4.69) is 10.6 Å². The van der Waals surface area contributed by atoms with Crippen LogP contribution in [0.3, 0.4) is 0 Å². The molecule has 7 heteroatoms. The lowest BCUT2D eigenvalue weighted by molar-refractivity contribution is -0.126. The molecule has 2 rings (SSSR count). The van der Waals surface area contributed by atoms with Gasteiger partial charge in [0.05, 0.1) is 24.2 Å². The van der Waals surface area contributed by atoms with Gasteiger partial charge in [-0.15, -0.1) is 0 Å². The Bertz CT molecular complexity index is 656. The molecule has 1 heterocycles. The number of nitrogens with zero attached hydrogens (tertiary/aromatic N) is 2. The third-order valence-electron chi connectivity index (χ3n) is 4.36. The molecule has 0 spiro atoms. The van der Waals surface area contributed by atoms with E-state index in [1.165, 1.54) is 0 Å². The molecular weight excluding hydrogens is 320 g/mol. The maximum atomic E-state index is 12.6. The van der Waals surface area contributed by atoms with E-state index < -0.39 is 0 Å². The third-order valence-corrected chi connectivity index (χ3v) is 4.36. The van der Waals surface area contributed by atoms with Crippen LogP contribution in [0.15, 0.2) is 24.3 Å². The minimum absolute atomic E-state index is 0.0479. The lowest BCUT2D eigenvalue weighted by Crippen LogP contribution is -2.51. The van der Waals surface area contributed by atoms with Gasteiger partial charge >= 0.3 is 6.03 Å². The zero-order chi connectivity index (χ0) is 18.2. The van der Waals surface area contributed by atoms with Crippen molar-refractivity contribution < 1.29 is 14.3 Å². The smallest absolute Gasteiger partial charge is 0.322 e. The Labute approximate surface area is 147 Å². The fourth-order valence-corrected chi connectivity index (χ4v) is 2.89. The average Bonchev–Trinajstić information content (AvgIpc) is 2.62. The SMILES string of the molecule is COCCNC(=O)[C@@H]1CC[C@@H](C)N(C(=O)Nc2cccc(C#N)c2)C1. The molecule has 1 aliphatic heterocycles. The first-order valence-corrected chi connectivity index (χ1v) is 8.39. The van der Waals surface area contributed by atoms with Gasteiger partial charge in [-0.05, 0) is 38.0 Å². The second-order valence-electron chi connectivity index (χ2n) is 6.18. The van der Waals surface area contributed by atoms with Crippen LogP contribution in [0.2, 0.25) is 0 Å². The van der Waals surface area contributed by atoms with Crippen molar-refractivity contribution >= 4 is 17.6 Å². The quantitative estimate of drug-likeness (QED) is 0.798. The number of hydrogen-bond donors (Lipinski definition) is 2. The van der Waals surface area contributed by atoms with Gasteiger partial charge in [-0.25, -0.2) is 4.79 Å². The number of amides is 3. The van der Waals surface area contributed by atoms with E-state index in [0.29, 0.717) is 30.9 Å². The maximum absolute atomic E-state index is 12.6. The molecule has 1 fully saturated rings. The Morgan fingerprint density at radius 2 is 2.20 bits per heavy atom. The van der Waals surface area contributed by atoms with Gasteiger partial charge in [0, 0.05) is 31.9 Å². The molecule has 2 atom stereocenters. The zero-order valence-electron chi connectivity index (χ0n) is 14.6. The van der Waals surface area contributed by atoms with Crippen LogP contribution in [0.1, 0.15) is 25.3 Å². The van der Waals surface area contributed by atoms with Gasteiger partial charge in [0.15, 0.2) is 0 Å². The predicted octanol–water partition coefficient (Wildman–Crippen LogP) is 1.95. The molecule has 0 aromatic heterocycles. The van der Waals surface area contributed by atoms with Crippen molar-refractivity contribution in [2.75, 3.05) is 32.1 Å². The second-order valence-corrected chi connectivity index (χ2v) is 6.18. The average molecular weight is 344 g/mol. The van der Waals surface area contributed by atoms with E-state index in [1.807, 2.05) is 13.0 Å². The largest absolute Gasteiger partial charge is 0.383 e. The van der Waals surface area contributed by atoms with Gasteiger partial charge < -0.3 is 20.3 Å². The molecule has 0 radical (unpaired) electrons. The molecule has 134 valence electrons. The summed E-state index contributed by atoms with van der Waals surface area (Å²) >= 11 is 0. The third kappa shape index (κ3) is 5.19. The lowest BCUT2D eigenvalue weighted by atomic mass is 9.93. The van der Waals surface area contributed by atoms with Gasteiger partial charge in [0.2, 0.25) is 5.91 Å². The number of methoxy groups -OCH3 is 1. The first-order chi connectivity index (χ1) is 12.0. The summed E-state index contributed by atoms with van der Waals surface area (Å²) in [5, 5.41) is 14.6. The molecule has 1 saturated heterocycles. The number of anilines is 1. The van der Waals surface area contributed by atoms with Crippen LogP contribution in [0, 0.1) is 17.2 Å². The molecular formula is C18H24N4O3. The number of rotatable bonds is 5. The minimum Gasteiger partial charge on any atom is -0.383 e. The highest BCUT2D eigenvalue weighted by Gasteiger charge is 2.32. The number of urea groups is 1. The zero-order valence-corrected chi connectivity index (χ0v) is 14.6. The summed E-state index contributed by atoms with van der Waals surface area (Å²) in [6, 6.07) is 8.62. The summed E-state index contributed by atoms with van der Waals surface area (Å²) in [7, 11) is 1.59. The van der Waals surface area contributed by atoms with Gasteiger partial charge in [-0.3, -0.25) is 4.79 Å². The van der Waals surface area contributed by atoms with Crippen molar-refractivity contribution in [1.29, 1.82) is 5.26 Å². The normalized spacial score (nSPS) is 19.8. The summed E-state index contributed by atoms with van der Waals surface area (Å²) in [6.07, 6.45) is 1.53. The van der Waals surface area contributed by atoms with Crippen molar-refractivity contribution in [3.8, 4) is 6.07 Å². The molecule has 0 saturated carbocycles. The number of carbonyl (C=O) groups excluding carboxylic acids is 2. The Kier molecular flexibility index (Phi) is 6.78. The van der Waals surface area contributed by atoms with Crippen molar-refractivity contribution in [2.45, 2.75) is 25.8 Å². The minimum atomic E-state index is -0.253. The lowest BCUT2D eigenvalue weighted by Gasteiger charge is -2.37. The van der Waals surface area contributed by atoms with E-state index in [4.69, 9.17) is 10.00 Å². The Morgan fingerprint density at radius 3 is 2.92 bits per heavy atom. The van der Waals surface area contributed by atoms with Crippen molar-refractivity contribution in [3.63, 3.8) is 0 Å². The van der Waals surface area contributed by atoms with Crippen LogP contribution in [0.4, 0.5) is 10.5 Å². The second kappa shape index (κ2) is 9.04. The fourth-order valence-electron chi connectivity index (χ4n) is 2.89. The van der Waals surface area contributed by atoms with Crippen LogP contribution in [-0.4, -0.2) is 49.7 Å². The highest BCUT2D eigenvalue weighted by Crippen LogP contribution is 2.23. The first-order valence-electron chi connectivity index (χ1n) is 8.39.